The van der Waals surface area contributed by atoms with Crippen molar-refractivity contribution in [3.8, 4) is 0 Å². The van der Waals surface area contributed by atoms with Gasteiger partial charge in [0.2, 0.25) is 12.6 Å². The molecule has 0 bridgehead atoms. The highest BCUT2D eigenvalue weighted by Gasteiger charge is 2.59. The molecule has 0 saturated heterocycles. The van der Waals surface area contributed by atoms with Crippen LogP contribution in [0, 0.1) is 34.0 Å². The molecule has 4 rings (SSSR count). The predicted octanol–water partition coefficient (Wildman–Crippen LogP) is 7.05. The first-order valence-electron chi connectivity index (χ1n) is 18.3. The van der Waals surface area contributed by atoms with E-state index >= 15 is 0 Å². The average Bonchev–Trinajstić information content (AvgIpc) is 3.30. The van der Waals surface area contributed by atoms with E-state index in [2.05, 4.69) is 27.7 Å². The van der Waals surface area contributed by atoms with Gasteiger partial charge in [-0.25, -0.2) is 0 Å². The summed E-state index contributed by atoms with van der Waals surface area (Å²) in [4.78, 5) is 11.4. The van der Waals surface area contributed by atoms with E-state index in [1.807, 2.05) is 27.7 Å². The lowest BCUT2D eigenvalue weighted by atomic mass is 9.46. The summed E-state index contributed by atoms with van der Waals surface area (Å²) in [5.74, 6) is 1.61. The minimum Gasteiger partial charge on any atom is -0.460 e. The van der Waals surface area contributed by atoms with E-state index in [0.29, 0.717) is 17.3 Å². The lowest BCUT2D eigenvalue weighted by Crippen LogP contribution is -2.56. The molecule has 4 N–H and O–H groups in total. The Hall–Kier alpha value is -1.03. The van der Waals surface area contributed by atoms with E-state index in [1.54, 1.807) is 11.1 Å². The molecule has 0 heterocycles. The summed E-state index contributed by atoms with van der Waals surface area (Å²) in [6.45, 7) is 20.1. The van der Waals surface area contributed by atoms with Gasteiger partial charge >= 0.3 is 5.97 Å². The Morgan fingerprint density at radius 2 is 1.65 bits per heavy atom. The molecule has 0 aromatic carbocycles. The number of unbranched alkanes of at least 4 members (excludes halogenated alkanes) is 1. The Kier molecular flexibility index (Phi) is 13.4. The molecule has 0 aromatic rings. The summed E-state index contributed by atoms with van der Waals surface area (Å²) in [7, 11) is 0. The summed E-state index contributed by atoms with van der Waals surface area (Å²) in [6, 6.07) is 0. The lowest BCUT2D eigenvalue weighted by Gasteiger charge is -2.60. The fourth-order valence-corrected chi connectivity index (χ4v) is 10.3. The van der Waals surface area contributed by atoms with Gasteiger partial charge in [-0.15, -0.1) is 0 Å². The average molecular weight is 653 g/mol. The second-order valence-corrected chi connectivity index (χ2v) is 16.3. The van der Waals surface area contributed by atoms with Crippen LogP contribution < -0.4 is 0 Å². The number of ether oxygens (including phenoxy) is 3. The van der Waals surface area contributed by atoms with Crippen molar-refractivity contribution in [1.29, 1.82) is 0 Å². The number of carbonyl (C=O) groups excluding carboxylic acids is 1. The fraction of sp³-hybridized carbons (Fsp3) is 0.921. The van der Waals surface area contributed by atoms with Gasteiger partial charge in [-0.3, -0.25) is 4.79 Å². The fourth-order valence-electron chi connectivity index (χ4n) is 10.3. The Balaban J connectivity index is 0.00000282. The van der Waals surface area contributed by atoms with Gasteiger partial charge in [0.25, 0.3) is 0 Å². The number of hydrogen-bond acceptors (Lipinski definition) is 8. The van der Waals surface area contributed by atoms with Crippen molar-refractivity contribution in [2.24, 2.45) is 34.0 Å². The molecular weight excluding hydrogens is 584 g/mol. The summed E-state index contributed by atoms with van der Waals surface area (Å²) in [5.41, 5.74) is 3.30. The highest BCUT2D eigenvalue weighted by atomic mass is 16.7. The van der Waals surface area contributed by atoms with E-state index in [4.69, 9.17) is 14.2 Å². The summed E-state index contributed by atoms with van der Waals surface area (Å²) >= 11 is 0. The molecule has 8 nitrogen and oxygen atoms in total. The maximum absolute atomic E-state index is 11.4. The molecule has 0 aliphatic heterocycles. The van der Waals surface area contributed by atoms with Crippen molar-refractivity contribution in [3.63, 3.8) is 0 Å². The van der Waals surface area contributed by atoms with E-state index in [1.165, 1.54) is 52.4 Å². The Bertz CT molecular complexity index is 1030. The summed E-state index contributed by atoms with van der Waals surface area (Å²) in [6.07, 6.45) is 8.07. The van der Waals surface area contributed by atoms with Crippen LogP contribution in [0.1, 0.15) is 146 Å². The van der Waals surface area contributed by atoms with Crippen molar-refractivity contribution in [1.82, 2.24) is 0 Å². The van der Waals surface area contributed by atoms with Gasteiger partial charge < -0.3 is 34.6 Å². The quantitative estimate of drug-likeness (QED) is 0.0722. The maximum atomic E-state index is 11.4. The van der Waals surface area contributed by atoms with Gasteiger partial charge in [0, 0.05) is 6.92 Å². The van der Waals surface area contributed by atoms with Crippen LogP contribution in [0.2, 0.25) is 0 Å². The molecule has 9 atom stereocenters. The zero-order valence-corrected chi connectivity index (χ0v) is 30.7. The molecule has 0 amide bonds. The van der Waals surface area contributed by atoms with Crippen LogP contribution in [-0.2, 0) is 19.0 Å². The lowest BCUT2D eigenvalue weighted by molar-refractivity contribution is -0.312. The molecule has 8 heteroatoms. The molecule has 46 heavy (non-hydrogen) atoms. The van der Waals surface area contributed by atoms with Gasteiger partial charge in [0.15, 0.2) is 0 Å². The summed E-state index contributed by atoms with van der Waals surface area (Å²) in [5, 5.41) is 39.7. The third-order valence-electron chi connectivity index (χ3n) is 12.6. The van der Waals surface area contributed by atoms with E-state index in [-0.39, 0.29) is 22.9 Å². The van der Waals surface area contributed by atoms with Crippen LogP contribution in [0.15, 0.2) is 11.1 Å². The monoisotopic (exact) mass is 652 g/mol. The third-order valence-corrected chi connectivity index (χ3v) is 12.6. The Morgan fingerprint density at radius 1 is 0.978 bits per heavy atom. The van der Waals surface area contributed by atoms with E-state index in [9.17, 15) is 25.2 Å². The number of hydrogen-bond donors (Lipinski definition) is 4. The molecule has 9 unspecified atom stereocenters. The standard InChI is InChI=1S/C36H62O8.C2H6/c1-22(38)28(21-37)42-32(31(40)41)43-30-17-20-36(8)27-16-19-35(7)24(11-9-10-18-33(3,4)44-23(2)39)12-14-26(35)25(27)13-15-29(36)34(30,5)6;1-2/h22,24,26,28-32,37-38,40-41H,9-21H2,1-8H3;1-2H3. The number of esters is 1. The topological polar surface area (TPSA) is 126 Å². The van der Waals surface area contributed by atoms with Gasteiger partial charge in [-0.05, 0) is 125 Å². The zero-order valence-electron chi connectivity index (χ0n) is 30.7. The molecule has 0 spiro atoms. The van der Waals surface area contributed by atoms with Crippen LogP contribution in [0.5, 0.6) is 0 Å². The van der Waals surface area contributed by atoms with Crippen LogP contribution in [0.25, 0.3) is 0 Å². The molecule has 268 valence electrons. The van der Waals surface area contributed by atoms with Crippen molar-refractivity contribution in [3.05, 3.63) is 11.1 Å². The van der Waals surface area contributed by atoms with Gasteiger partial charge in [-0.1, -0.05) is 59.1 Å². The smallest absolute Gasteiger partial charge is 0.303 e. The maximum Gasteiger partial charge on any atom is 0.303 e. The molecule has 4 aliphatic carbocycles. The molecule has 0 aromatic heterocycles. The number of carbonyl (C=O) groups is 1. The Morgan fingerprint density at radius 3 is 2.24 bits per heavy atom. The molecule has 4 aliphatic rings. The minimum atomic E-state index is -1.88. The first-order chi connectivity index (χ1) is 21.5. The van der Waals surface area contributed by atoms with Crippen molar-refractivity contribution < 1.29 is 39.4 Å². The number of allylic oxidation sites excluding steroid dienone is 2. The van der Waals surface area contributed by atoms with Gasteiger partial charge in [0.05, 0.1) is 18.8 Å². The summed E-state index contributed by atoms with van der Waals surface area (Å²) < 4.78 is 17.4. The predicted molar refractivity (Wildman–Crippen MR) is 181 cm³/mol. The van der Waals surface area contributed by atoms with Crippen LogP contribution in [-0.4, -0.2) is 69.5 Å². The molecule has 2 fully saturated rings. The van der Waals surface area contributed by atoms with Crippen molar-refractivity contribution >= 4 is 5.97 Å². The highest BCUT2D eigenvalue weighted by molar-refractivity contribution is 5.66. The molecular formula is C38H68O8. The third kappa shape index (κ3) is 8.22. The van der Waals surface area contributed by atoms with Crippen LogP contribution >= 0.6 is 0 Å². The van der Waals surface area contributed by atoms with E-state index in [0.717, 1.165) is 44.4 Å². The second kappa shape index (κ2) is 15.7. The van der Waals surface area contributed by atoms with Gasteiger partial charge in [0.1, 0.15) is 11.7 Å². The first-order valence-corrected chi connectivity index (χ1v) is 18.3. The normalized spacial score (nSPS) is 34.1. The number of aliphatic hydroxyl groups is 4. The van der Waals surface area contributed by atoms with Crippen molar-refractivity contribution in [2.45, 2.75) is 183 Å². The molecule has 2 saturated carbocycles. The van der Waals surface area contributed by atoms with Crippen LogP contribution in [0.4, 0.5) is 0 Å². The highest BCUT2D eigenvalue weighted by Crippen LogP contribution is 2.68. The minimum absolute atomic E-state index is 0.0973. The van der Waals surface area contributed by atoms with Crippen LogP contribution in [0.3, 0.4) is 0 Å². The number of aliphatic hydroxyl groups excluding tert-OH is 3. The van der Waals surface area contributed by atoms with Crippen molar-refractivity contribution in [2.75, 3.05) is 6.61 Å². The first kappa shape index (κ1) is 39.4. The SMILES string of the molecule is CC.CC(=O)OC(C)(C)CCCCC1CCC2C3=C(CCC12C)C1(C)CCC(OC(OC(CO)C(C)O)C(O)O)C(C)(C)C1CC3. The zero-order chi connectivity index (χ0) is 34.7. The van der Waals surface area contributed by atoms with Gasteiger partial charge in [-0.2, -0.15) is 0 Å². The Labute approximate surface area is 279 Å². The molecule has 0 radical (unpaired) electrons. The second-order valence-electron chi connectivity index (χ2n) is 16.3. The number of rotatable bonds is 13. The van der Waals surface area contributed by atoms with E-state index < -0.39 is 37.0 Å². The number of fused-ring (bicyclic) bond motifs is 4. The largest absolute Gasteiger partial charge is 0.460 e.